The van der Waals surface area contributed by atoms with Gasteiger partial charge in [-0.25, -0.2) is 0 Å². The highest BCUT2D eigenvalue weighted by atomic mass is 16.5. The van der Waals surface area contributed by atoms with Gasteiger partial charge >= 0.3 is 0 Å². The Morgan fingerprint density at radius 2 is 1.69 bits per heavy atom. The Hall–Kier alpha value is -3.26. The summed E-state index contributed by atoms with van der Waals surface area (Å²) in [5.74, 6) is 0.759. The van der Waals surface area contributed by atoms with Crippen molar-refractivity contribution < 1.29 is 23.8 Å². The molecule has 1 fully saturated rings. The van der Waals surface area contributed by atoms with Gasteiger partial charge in [-0.05, 0) is 25.1 Å². The molecular weight excluding hydrogens is 446 g/mol. The number of rotatable bonds is 12. The highest BCUT2D eigenvalue weighted by Gasteiger charge is 2.36. The van der Waals surface area contributed by atoms with Gasteiger partial charge in [-0.3, -0.25) is 14.5 Å². The standard InChI is InChI=1S/C27H37N3O5/c1-6-29(7-2)22(13-19-11-9-8-10-12-19)17-28-27(32)20-14-25(31)30(18-20)21-15-23(33-3)26(35-5)24(16-21)34-4/h8-12,15-16,20,22H,6-7,13-14,17-18H2,1-5H3,(H,28,32). The molecule has 2 amide bonds. The van der Waals surface area contributed by atoms with Gasteiger partial charge in [0.1, 0.15) is 0 Å². The van der Waals surface area contributed by atoms with Crippen molar-refractivity contribution in [2.75, 3.05) is 52.4 Å². The lowest BCUT2D eigenvalue weighted by molar-refractivity contribution is -0.126. The second-order valence-corrected chi connectivity index (χ2v) is 8.60. The van der Waals surface area contributed by atoms with Gasteiger partial charge in [0.25, 0.3) is 0 Å². The summed E-state index contributed by atoms with van der Waals surface area (Å²) < 4.78 is 16.2. The first-order valence-electron chi connectivity index (χ1n) is 12.1. The highest BCUT2D eigenvalue weighted by Crippen LogP contribution is 2.42. The number of anilines is 1. The predicted octanol–water partition coefficient (Wildman–Crippen LogP) is 3.13. The molecule has 1 heterocycles. The van der Waals surface area contributed by atoms with Crippen molar-refractivity contribution in [3.05, 3.63) is 48.0 Å². The number of hydrogen-bond acceptors (Lipinski definition) is 6. The minimum Gasteiger partial charge on any atom is -0.493 e. The number of ether oxygens (including phenoxy) is 3. The summed E-state index contributed by atoms with van der Waals surface area (Å²) in [4.78, 5) is 29.9. The Balaban J connectivity index is 1.69. The van der Waals surface area contributed by atoms with E-state index in [0.29, 0.717) is 36.0 Å². The number of carbonyl (C=O) groups excluding carboxylic acids is 2. The summed E-state index contributed by atoms with van der Waals surface area (Å²) >= 11 is 0. The number of amides is 2. The lowest BCUT2D eigenvalue weighted by Gasteiger charge is -2.30. The fourth-order valence-corrected chi connectivity index (χ4v) is 4.68. The zero-order valence-corrected chi connectivity index (χ0v) is 21.4. The van der Waals surface area contributed by atoms with Crippen molar-refractivity contribution in [1.82, 2.24) is 10.2 Å². The van der Waals surface area contributed by atoms with E-state index >= 15 is 0 Å². The van der Waals surface area contributed by atoms with E-state index in [1.54, 1.807) is 17.0 Å². The van der Waals surface area contributed by atoms with Crippen LogP contribution < -0.4 is 24.4 Å². The molecule has 0 bridgehead atoms. The molecule has 35 heavy (non-hydrogen) atoms. The fraction of sp³-hybridized carbons (Fsp3) is 0.481. The van der Waals surface area contributed by atoms with Crippen LogP contribution in [0.1, 0.15) is 25.8 Å². The van der Waals surface area contributed by atoms with Crippen LogP contribution in [0.25, 0.3) is 0 Å². The summed E-state index contributed by atoms with van der Waals surface area (Å²) in [5.41, 5.74) is 1.85. The number of likely N-dealkylation sites (N-methyl/N-ethyl adjacent to an activating group) is 1. The third-order valence-electron chi connectivity index (χ3n) is 6.61. The fourth-order valence-electron chi connectivity index (χ4n) is 4.68. The van der Waals surface area contributed by atoms with Crippen molar-refractivity contribution in [2.45, 2.75) is 32.7 Å². The van der Waals surface area contributed by atoms with Crippen LogP contribution in [0.2, 0.25) is 0 Å². The Labute approximate surface area is 208 Å². The van der Waals surface area contributed by atoms with E-state index in [0.717, 1.165) is 19.5 Å². The summed E-state index contributed by atoms with van der Waals surface area (Å²) in [7, 11) is 4.60. The van der Waals surface area contributed by atoms with E-state index in [1.165, 1.54) is 26.9 Å². The van der Waals surface area contributed by atoms with Gasteiger partial charge in [0.2, 0.25) is 17.6 Å². The molecule has 3 rings (SSSR count). The molecule has 2 unspecified atom stereocenters. The second-order valence-electron chi connectivity index (χ2n) is 8.60. The Kier molecular flexibility index (Phi) is 9.37. The smallest absolute Gasteiger partial charge is 0.227 e. The molecule has 1 N–H and O–H groups in total. The lowest BCUT2D eigenvalue weighted by atomic mass is 10.0. The normalized spacial score (nSPS) is 16.3. The molecule has 0 radical (unpaired) electrons. The third kappa shape index (κ3) is 6.25. The minimum atomic E-state index is -0.421. The van der Waals surface area contributed by atoms with E-state index in [2.05, 4.69) is 36.2 Å². The summed E-state index contributed by atoms with van der Waals surface area (Å²) in [5, 5.41) is 3.12. The number of nitrogens with one attached hydrogen (secondary N) is 1. The van der Waals surface area contributed by atoms with E-state index in [1.807, 2.05) is 18.2 Å². The molecule has 1 saturated heterocycles. The van der Waals surface area contributed by atoms with E-state index in [9.17, 15) is 9.59 Å². The molecule has 190 valence electrons. The maximum absolute atomic E-state index is 13.1. The van der Waals surface area contributed by atoms with Crippen LogP contribution in [-0.2, 0) is 16.0 Å². The quantitative estimate of drug-likeness (QED) is 0.500. The van der Waals surface area contributed by atoms with Crippen LogP contribution in [0.5, 0.6) is 17.2 Å². The molecule has 0 saturated carbocycles. The molecule has 2 aromatic rings. The number of carbonyl (C=O) groups is 2. The summed E-state index contributed by atoms with van der Waals surface area (Å²) in [6, 6.07) is 14.0. The molecule has 8 heteroatoms. The number of nitrogens with zero attached hydrogens (tertiary/aromatic N) is 2. The van der Waals surface area contributed by atoms with Gasteiger partial charge in [-0.15, -0.1) is 0 Å². The van der Waals surface area contributed by atoms with Crippen molar-refractivity contribution in [3.63, 3.8) is 0 Å². The van der Waals surface area contributed by atoms with Crippen molar-refractivity contribution in [3.8, 4) is 17.2 Å². The molecule has 1 aliphatic heterocycles. The molecular formula is C27H37N3O5. The van der Waals surface area contributed by atoms with Crippen molar-refractivity contribution >= 4 is 17.5 Å². The van der Waals surface area contributed by atoms with Crippen molar-refractivity contribution in [1.29, 1.82) is 0 Å². The molecule has 2 atom stereocenters. The van der Waals surface area contributed by atoms with E-state index in [-0.39, 0.29) is 24.3 Å². The molecule has 8 nitrogen and oxygen atoms in total. The SMILES string of the molecule is CCN(CC)C(CNC(=O)C1CC(=O)N(c2cc(OC)c(OC)c(OC)c2)C1)Cc1ccccc1. The van der Waals surface area contributed by atoms with Gasteiger partial charge in [0, 0.05) is 37.7 Å². The topological polar surface area (TPSA) is 80.3 Å². The van der Waals surface area contributed by atoms with Gasteiger partial charge < -0.3 is 24.4 Å². The van der Waals surface area contributed by atoms with E-state index in [4.69, 9.17) is 14.2 Å². The van der Waals surface area contributed by atoms with Gasteiger partial charge in [0.05, 0.1) is 32.9 Å². The van der Waals surface area contributed by atoms with Gasteiger partial charge in [-0.2, -0.15) is 0 Å². The molecule has 0 aliphatic carbocycles. The van der Waals surface area contributed by atoms with Crippen LogP contribution in [0, 0.1) is 5.92 Å². The van der Waals surface area contributed by atoms with Crippen LogP contribution >= 0.6 is 0 Å². The average Bonchev–Trinajstić information content (AvgIpc) is 3.28. The zero-order chi connectivity index (χ0) is 25.4. The monoisotopic (exact) mass is 483 g/mol. The number of benzene rings is 2. The molecule has 2 aromatic carbocycles. The largest absolute Gasteiger partial charge is 0.493 e. The predicted molar refractivity (Wildman–Crippen MR) is 136 cm³/mol. The third-order valence-corrected chi connectivity index (χ3v) is 6.61. The van der Waals surface area contributed by atoms with Crippen LogP contribution in [0.15, 0.2) is 42.5 Å². The first kappa shape index (κ1) is 26.3. The lowest BCUT2D eigenvalue weighted by Crippen LogP contribution is -2.46. The van der Waals surface area contributed by atoms with Gasteiger partial charge in [0.15, 0.2) is 11.5 Å². The first-order chi connectivity index (χ1) is 16.9. The zero-order valence-electron chi connectivity index (χ0n) is 21.4. The molecule has 1 aliphatic rings. The maximum Gasteiger partial charge on any atom is 0.227 e. The highest BCUT2D eigenvalue weighted by molar-refractivity contribution is 6.00. The van der Waals surface area contributed by atoms with Crippen LogP contribution in [0.4, 0.5) is 5.69 Å². The number of methoxy groups -OCH3 is 3. The molecule has 0 aromatic heterocycles. The van der Waals surface area contributed by atoms with E-state index < -0.39 is 5.92 Å². The van der Waals surface area contributed by atoms with Crippen LogP contribution in [-0.4, -0.2) is 70.3 Å². The summed E-state index contributed by atoms with van der Waals surface area (Å²) in [6.07, 6.45) is 1.01. The first-order valence-corrected chi connectivity index (χ1v) is 12.1. The Morgan fingerprint density at radius 1 is 1.06 bits per heavy atom. The Bertz CT molecular complexity index is 969. The van der Waals surface area contributed by atoms with Crippen LogP contribution in [0.3, 0.4) is 0 Å². The maximum atomic E-state index is 13.1. The summed E-state index contributed by atoms with van der Waals surface area (Å²) in [6.45, 7) is 6.91. The Morgan fingerprint density at radius 3 is 2.23 bits per heavy atom. The average molecular weight is 484 g/mol. The van der Waals surface area contributed by atoms with Gasteiger partial charge in [-0.1, -0.05) is 44.2 Å². The minimum absolute atomic E-state index is 0.0986. The molecule has 0 spiro atoms. The number of hydrogen-bond donors (Lipinski definition) is 1. The van der Waals surface area contributed by atoms with Crippen molar-refractivity contribution in [2.24, 2.45) is 5.92 Å². The second kappa shape index (κ2) is 12.4.